The SMILES string of the molecule is COc1ccccc1C(C)NS(=O)(=O)c1nnc(NC(=O)C(C)(C)C)s1. The van der Waals surface area contributed by atoms with Crippen molar-refractivity contribution in [1.29, 1.82) is 0 Å². The predicted octanol–water partition coefficient (Wildman–Crippen LogP) is 2.57. The molecule has 1 unspecified atom stereocenters. The van der Waals surface area contributed by atoms with E-state index in [1.165, 1.54) is 7.11 Å². The number of anilines is 1. The minimum atomic E-state index is -3.90. The van der Waals surface area contributed by atoms with Gasteiger partial charge in [0.15, 0.2) is 0 Å². The fraction of sp³-hybridized carbons (Fsp3) is 0.438. The number of para-hydroxylation sites is 1. The Balaban J connectivity index is 2.17. The van der Waals surface area contributed by atoms with Gasteiger partial charge in [-0.15, -0.1) is 10.2 Å². The molecule has 0 aliphatic heterocycles. The van der Waals surface area contributed by atoms with Gasteiger partial charge in [0.1, 0.15) is 5.75 Å². The molecule has 0 saturated carbocycles. The van der Waals surface area contributed by atoms with Crippen LogP contribution in [0, 0.1) is 5.41 Å². The van der Waals surface area contributed by atoms with Crippen LogP contribution in [0.2, 0.25) is 0 Å². The van der Waals surface area contributed by atoms with E-state index in [-0.39, 0.29) is 15.4 Å². The summed E-state index contributed by atoms with van der Waals surface area (Å²) in [4.78, 5) is 12.0. The van der Waals surface area contributed by atoms with E-state index in [1.54, 1.807) is 52.0 Å². The second-order valence-electron chi connectivity index (χ2n) is 6.66. The lowest BCUT2D eigenvalue weighted by Crippen LogP contribution is -2.27. The third kappa shape index (κ3) is 4.77. The summed E-state index contributed by atoms with van der Waals surface area (Å²) >= 11 is 0.796. The van der Waals surface area contributed by atoms with Crippen molar-refractivity contribution in [2.75, 3.05) is 12.4 Å². The van der Waals surface area contributed by atoms with Gasteiger partial charge in [-0.05, 0) is 13.0 Å². The zero-order valence-electron chi connectivity index (χ0n) is 15.2. The number of benzene rings is 1. The number of rotatable bonds is 6. The monoisotopic (exact) mass is 398 g/mol. The van der Waals surface area contributed by atoms with Crippen LogP contribution in [0.3, 0.4) is 0 Å². The van der Waals surface area contributed by atoms with E-state index in [0.29, 0.717) is 11.3 Å². The van der Waals surface area contributed by atoms with Crippen LogP contribution in [-0.4, -0.2) is 31.6 Å². The highest BCUT2D eigenvalue weighted by molar-refractivity contribution is 7.91. The number of nitrogens with one attached hydrogen (secondary N) is 2. The third-order valence-corrected chi connectivity index (χ3v) is 6.22. The second kappa shape index (κ2) is 7.68. The summed E-state index contributed by atoms with van der Waals surface area (Å²) in [6.07, 6.45) is 0. The maximum absolute atomic E-state index is 12.6. The maximum atomic E-state index is 12.6. The molecule has 26 heavy (non-hydrogen) atoms. The van der Waals surface area contributed by atoms with Crippen molar-refractivity contribution < 1.29 is 17.9 Å². The van der Waals surface area contributed by atoms with Crippen molar-refractivity contribution in [2.24, 2.45) is 5.41 Å². The summed E-state index contributed by atoms with van der Waals surface area (Å²) in [5.74, 6) is 0.311. The van der Waals surface area contributed by atoms with Gasteiger partial charge in [-0.3, -0.25) is 4.79 Å². The van der Waals surface area contributed by atoms with E-state index in [4.69, 9.17) is 4.74 Å². The number of carbonyl (C=O) groups excluding carboxylic acids is 1. The van der Waals surface area contributed by atoms with Gasteiger partial charge in [0, 0.05) is 17.0 Å². The number of carbonyl (C=O) groups is 1. The predicted molar refractivity (Wildman–Crippen MR) is 99.7 cm³/mol. The number of methoxy groups -OCH3 is 1. The number of ether oxygens (including phenoxy) is 1. The van der Waals surface area contributed by atoms with Crippen LogP contribution >= 0.6 is 11.3 Å². The van der Waals surface area contributed by atoms with Gasteiger partial charge in [-0.2, -0.15) is 0 Å². The van der Waals surface area contributed by atoms with E-state index in [1.807, 2.05) is 0 Å². The maximum Gasteiger partial charge on any atom is 0.270 e. The normalized spacial score (nSPS) is 13.3. The number of nitrogens with zero attached hydrogens (tertiary/aromatic N) is 2. The summed E-state index contributed by atoms with van der Waals surface area (Å²) in [6, 6.07) is 6.60. The van der Waals surface area contributed by atoms with Crippen molar-refractivity contribution in [3.8, 4) is 5.75 Å². The molecule has 0 aliphatic carbocycles. The molecule has 0 radical (unpaired) electrons. The fourth-order valence-corrected chi connectivity index (χ4v) is 4.16. The minimum Gasteiger partial charge on any atom is -0.496 e. The molecule has 142 valence electrons. The van der Waals surface area contributed by atoms with Crippen LogP contribution in [0.15, 0.2) is 28.6 Å². The van der Waals surface area contributed by atoms with E-state index in [0.717, 1.165) is 11.3 Å². The number of sulfonamides is 1. The Labute approximate surface area is 157 Å². The first-order valence-electron chi connectivity index (χ1n) is 7.85. The van der Waals surface area contributed by atoms with Gasteiger partial charge in [-0.25, -0.2) is 13.1 Å². The topological polar surface area (TPSA) is 110 Å². The summed E-state index contributed by atoms with van der Waals surface area (Å²) in [6.45, 7) is 6.95. The molecular weight excluding hydrogens is 376 g/mol. The Morgan fingerprint density at radius 2 is 1.88 bits per heavy atom. The lowest BCUT2D eigenvalue weighted by molar-refractivity contribution is -0.123. The molecule has 0 spiro atoms. The number of hydrogen-bond acceptors (Lipinski definition) is 7. The molecule has 0 bridgehead atoms. The summed E-state index contributed by atoms with van der Waals surface area (Å²) in [7, 11) is -2.37. The number of hydrogen-bond donors (Lipinski definition) is 2. The summed E-state index contributed by atoms with van der Waals surface area (Å²) < 4.78 is 32.7. The van der Waals surface area contributed by atoms with Crippen LogP contribution in [0.4, 0.5) is 5.13 Å². The van der Waals surface area contributed by atoms with E-state index in [2.05, 4.69) is 20.2 Å². The van der Waals surface area contributed by atoms with Crippen molar-refractivity contribution in [3.63, 3.8) is 0 Å². The Morgan fingerprint density at radius 1 is 1.23 bits per heavy atom. The molecule has 2 N–H and O–H groups in total. The van der Waals surface area contributed by atoms with Crippen LogP contribution in [0.5, 0.6) is 5.75 Å². The Kier molecular flexibility index (Phi) is 5.99. The molecule has 1 aromatic carbocycles. The molecule has 1 amide bonds. The first-order valence-corrected chi connectivity index (χ1v) is 10.1. The highest BCUT2D eigenvalue weighted by atomic mass is 32.2. The molecule has 8 nitrogen and oxygen atoms in total. The number of amides is 1. The molecule has 0 fully saturated rings. The van der Waals surface area contributed by atoms with Crippen LogP contribution < -0.4 is 14.8 Å². The second-order valence-corrected chi connectivity index (χ2v) is 9.53. The van der Waals surface area contributed by atoms with Crippen molar-refractivity contribution in [3.05, 3.63) is 29.8 Å². The minimum absolute atomic E-state index is 0.134. The van der Waals surface area contributed by atoms with Crippen molar-refractivity contribution in [1.82, 2.24) is 14.9 Å². The smallest absolute Gasteiger partial charge is 0.270 e. The van der Waals surface area contributed by atoms with Crippen molar-refractivity contribution in [2.45, 2.75) is 38.1 Å². The van der Waals surface area contributed by atoms with Crippen LogP contribution in [0.1, 0.15) is 39.3 Å². The van der Waals surface area contributed by atoms with Crippen LogP contribution in [0.25, 0.3) is 0 Å². The molecule has 1 atom stereocenters. The average molecular weight is 399 g/mol. The lowest BCUT2D eigenvalue weighted by Gasteiger charge is -2.16. The third-order valence-electron chi connectivity index (χ3n) is 3.48. The van der Waals surface area contributed by atoms with Gasteiger partial charge in [0.25, 0.3) is 10.0 Å². The van der Waals surface area contributed by atoms with Gasteiger partial charge in [-0.1, -0.05) is 50.3 Å². The van der Waals surface area contributed by atoms with Gasteiger partial charge >= 0.3 is 0 Å². The molecule has 0 saturated heterocycles. The molecule has 1 aromatic heterocycles. The largest absolute Gasteiger partial charge is 0.496 e. The fourth-order valence-electron chi connectivity index (χ4n) is 2.02. The summed E-state index contributed by atoms with van der Waals surface area (Å²) in [5, 5.41) is 10.1. The quantitative estimate of drug-likeness (QED) is 0.724. The lowest BCUT2D eigenvalue weighted by atomic mass is 9.96. The van der Waals surface area contributed by atoms with Gasteiger partial charge in [0.05, 0.1) is 7.11 Å². The standard InChI is InChI=1S/C16H22N4O4S2/c1-10(11-8-6-7-9-12(11)24-5)20-26(22,23)15-19-18-14(25-15)17-13(21)16(2,3)4/h6-10,20H,1-5H3,(H,17,18,21). The van der Waals surface area contributed by atoms with Crippen molar-refractivity contribution >= 4 is 32.4 Å². The molecule has 10 heteroatoms. The highest BCUT2D eigenvalue weighted by Crippen LogP contribution is 2.27. The number of aromatic nitrogens is 2. The zero-order valence-corrected chi connectivity index (χ0v) is 16.9. The average Bonchev–Trinajstić information content (AvgIpc) is 3.03. The molecule has 1 heterocycles. The van der Waals surface area contributed by atoms with Crippen LogP contribution in [-0.2, 0) is 14.8 Å². The van der Waals surface area contributed by atoms with Gasteiger partial charge in [0.2, 0.25) is 15.4 Å². The molecule has 0 aliphatic rings. The summed E-state index contributed by atoms with van der Waals surface area (Å²) in [5.41, 5.74) is 0.0748. The first-order chi connectivity index (χ1) is 12.0. The van der Waals surface area contributed by atoms with Gasteiger partial charge < -0.3 is 10.1 Å². The molecular formula is C16H22N4O4S2. The molecule has 2 rings (SSSR count). The van der Waals surface area contributed by atoms with E-state index >= 15 is 0 Å². The van der Waals surface area contributed by atoms with E-state index < -0.39 is 21.5 Å². The Morgan fingerprint density at radius 3 is 2.50 bits per heavy atom. The first kappa shape index (κ1) is 20.3. The Hall–Kier alpha value is -2.04. The Bertz CT molecular complexity index is 888. The van der Waals surface area contributed by atoms with E-state index in [9.17, 15) is 13.2 Å². The zero-order chi connectivity index (χ0) is 19.5. The highest BCUT2D eigenvalue weighted by Gasteiger charge is 2.27. The molecule has 2 aromatic rings.